The van der Waals surface area contributed by atoms with Crippen LogP contribution in [0.4, 0.5) is 0 Å². The molecule has 0 saturated carbocycles. The number of allylic oxidation sites excluding steroid dienone is 1. The lowest BCUT2D eigenvalue weighted by Crippen LogP contribution is -2.32. The van der Waals surface area contributed by atoms with E-state index in [4.69, 9.17) is 0 Å². The van der Waals surface area contributed by atoms with Crippen molar-refractivity contribution in [1.29, 1.82) is 0 Å². The maximum absolute atomic E-state index is 11.8. The SMILES string of the molecule is C=CC(=O)NC(C)CC(CCCCC)c1ccc(C(=C(CC)c2ccccc2)c2ccccc2)cc1. The number of amides is 1. The second-order valence-electron chi connectivity index (χ2n) is 9.60. The van der Waals surface area contributed by atoms with Crippen LogP contribution in [0.1, 0.15) is 87.5 Å². The van der Waals surface area contributed by atoms with Gasteiger partial charge in [0.25, 0.3) is 0 Å². The van der Waals surface area contributed by atoms with Crippen molar-refractivity contribution < 1.29 is 4.79 Å². The smallest absolute Gasteiger partial charge is 0.243 e. The van der Waals surface area contributed by atoms with Gasteiger partial charge in [0.1, 0.15) is 0 Å². The first kappa shape index (κ1) is 27.2. The maximum Gasteiger partial charge on any atom is 0.243 e. The van der Waals surface area contributed by atoms with Crippen LogP contribution in [-0.4, -0.2) is 11.9 Å². The van der Waals surface area contributed by atoms with E-state index >= 15 is 0 Å². The van der Waals surface area contributed by atoms with Crippen LogP contribution in [0.25, 0.3) is 11.1 Å². The molecule has 0 heterocycles. The highest BCUT2D eigenvalue weighted by molar-refractivity contribution is 5.98. The summed E-state index contributed by atoms with van der Waals surface area (Å²) < 4.78 is 0. The highest BCUT2D eigenvalue weighted by atomic mass is 16.1. The average molecular weight is 480 g/mol. The van der Waals surface area contributed by atoms with Gasteiger partial charge < -0.3 is 5.32 Å². The second-order valence-corrected chi connectivity index (χ2v) is 9.60. The van der Waals surface area contributed by atoms with E-state index in [1.54, 1.807) is 0 Å². The summed E-state index contributed by atoms with van der Waals surface area (Å²) in [6, 6.07) is 30.7. The average Bonchev–Trinajstić information content (AvgIpc) is 2.92. The van der Waals surface area contributed by atoms with E-state index in [1.165, 1.54) is 58.7 Å². The predicted molar refractivity (Wildman–Crippen MR) is 155 cm³/mol. The molecule has 188 valence electrons. The summed E-state index contributed by atoms with van der Waals surface area (Å²) in [5, 5.41) is 3.05. The van der Waals surface area contributed by atoms with Gasteiger partial charge in [-0.15, -0.1) is 0 Å². The zero-order valence-corrected chi connectivity index (χ0v) is 22.2. The number of nitrogens with one attached hydrogen (secondary N) is 1. The summed E-state index contributed by atoms with van der Waals surface area (Å²) in [5.74, 6) is 0.311. The van der Waals surface area contributed by atoms with Crippen molar-refractivity contribution in [3.05, 3.63) is 120 Å². The summed E-state index contributed by atoms with van der Waals surface area (Å²) in [4.78, 5) is 11.8. The Bertz CT molecular complexity index is 1110. The highest BCUT2D eigenvalue weighted by Gasteiger charge is 2.18. The molecule has 2 atom stereocenters. The lowest BCUT2D eigenvalue weighted by Gasteiger charge is -2.23. The minimum absolute atomic E-state index is 0.101. The Morgan fingerprint density at radius 2 is 1.42 bits per heavy atom. The van der Waals surface area contributed by atoms with E-state index in [-0.39, 0.29) is 11.9 Å². The van der Waals surface area contributed by atoms with Gasteiger partial charge in [-0.1, -0.05) is 125 Å². The summed E-state index contributed by atoms with van der Waals surface area (Å²) in [6.45, 7) is 10.2. The van der Waals surface area contributed by atoms with E-state index in [2.05, 4.69) is 118 Å². The number of carbonyl (C=O) groups excluding carboxylic acids is 1. The minimum atomic E-state index is -0.101. The molecule has 2 nitrogen and oxygen atoms in total. The van der Waals surface area contributed by atoms with Crippen LogP contribution in [0.5, 0.6) is 0 Å². The van der Waals surface area contributed by atoms with Crippen molar-refractivity contribution in [2.75, 3.05) is 0 Å². The molecular formula is C34H41NO. The van der Waals surface area contributed by atoms with Crippen molar-refractivity contribution in [3.8, 4) is 0 Å². The van der Waals surface area contributed by atoms with E-state index in [1.807, 2.05) is 0 Å². The Balaban J connectivity index is 1.97. The van der Waals surface area contributed by atoms with Crippen molar-refractivity contribution in [3.63, 3.8) is 0 Å². The van der Waals surface area contributed by atoms with E-state index < -0.39 is 0 Å². The van der Waals surface area contributed by atoms with Crippen LogP contribution < -0.4 is 5.32 Å². The topological polar surface area (TPSA) is 29.1 Å². The van der Waals surface area contributed by atoms with Gasteiger partial charge in [-0.3, -0.25) is 4.79 Å². The van der Waals surface area contributed by atoms with Gasteiger partial charge in [0.15, 0.2) is 0 Å². The molecule has 3 aromatic rings. The molecule has 0 saturated heterocycles. The largest absolute Gasteiger partial charge is 0.350 e. The summed E-state index contributed by atoms with van der Waals surface area (Å²) in [5.41, 5.74) is 7.75. The Hall–Kier alpha value is -3.39. The van der Waals surface area contributed by atoms with Crippen molar-refractivity contribution in [2.45, 2.75) is 71.3 Å². The molecular weight excluding hydrogens is 438 g/mol. The molecule has 1 amide bonds. The van der Waals surface area contributed by atoms with Crippen LogP contribution in [0.3, 0.4) is 0 Å². The maximum atomic E-state index is 11.8. The minimum Gasteiger partial charge on any atom is -0.350 e. The summed E-state index contributed by atoms with van der Waals surface area (Å²) in [7, 11) is 0. The summed E-state index contributed by atoms with van der Waals surface area (Å²) in [6.07, 6.45) is 8.01. The molecule has 2 heteroatoms. The molecule has 0 aliphatic heterocycles. The third-order valence-electron chi connectivity index (χ3n) is 6.88. The number of hydrogen-bond acceptors (Lipinski definition) is 1. The van der Waals surface area contributed by atoms with Gasteiger partial charge in [-0.2, -0.15) is 0 Å². The molecule has 0 spiro atoms. The fourth-order valence-corrected chi connectivity index (χ4v) is 5.06. The Morgan fingerprint density at radius 1 is 0.833 bits per heavy atom. The number of carbonyl (C=O) groups is 1. The number of hydrogen-bond donors (Lipinski definition) is 1. The molecule has 3 aromatic carbocycles. The van der Waals surface area contributed by atoms with E-state index in [0.29, 0.717) is 5.92 Å². The third kappa shape index (κ3) is 7.55. The fourth-order valence-electron chi connectivity index (χ4n) is 5.06. The Morgan fingerprint density at radius 3 is 1.97 bits per heavy atom. The first-order valence-corrected chi connectivity index (χ1v) is 13.4. The second kappa shape index (κ2) is 14.2. The molecule has 0 aliphatic carbocycles. The van der Waals surface area contributed by atoms with Crippen molar-refractivity contribution in [2.24, 2.45) is 0 Å². The van der Waals surface area contributed by atoms with Crippen molar-refractivity contribution >= 4 is 17.1 Å². The van der Waals surface area contributed by atoms with Crippen LogP contribution >= 0.6 is 0 Å². The summed E-state index contributed by atoms with van der Waals surface area (Å²) >= 11 is 0. The molecule has 0 bridgehead atoms. The molecule has 2 unspecified atom stereocenters. The van der Waals surface area contributed by atoms with Crippen LogP contribution in [-0.2, 0) is 4.79 Å². The molecule has 36 heavy (non-hydrogen) atoms. The highest BCUT2D eigenvalue weighted by Crippen LogP contribution is 2.36. The van der Waals surface area contributed by atoms with Gasteiger partial charge in [0.05, 0.1) is 0 Å². The van der Waals surface area contributed by atoms with E-state index in [0.717, 1.165) is 19.3 Å². The quantitative estimate of drug-likeness (QED) is 0.148. The first-order chi connectivity index (χ1) is 17.6. The lowest BCUT2D eigenvalue weighted by atomic mass is 9.85. The zero-order chi connectivity index (χ0) is 25.8. The molecule has 0 radical (unpaired) electrons. The number of unbranched alkanes of at least 4 members (excludes halogenated alkanes) is 2. The lowest BCUT2D eigenvalue weighted by molar-refractivity contribution is -0.117. The molecule has 0 fully saturated rings. The predicted octanol–water partition coefficient (Wildman–Crippen LogP) is 8.80. The third-order valence-corrected chi connectivity index (χ3v) is 6.88. The van der Waals surface area contributed by atoms with Crippen LogP contribution in [0.15, 0.2) is 97.6 Å². The first-order valence-electron chi connectivity index (χ1n) is 13.4. The Labute approximate surface area is 218 Å². The van der Waals surface area contributed by atoms with Crippen LogP contribution in [0.2, 0.25) is 0 Å². The molecule has 0 aliphatic rings. The normalized spacial score (nSPS) is 13.4. The molecule has 1 N–H and O–H groups in total. The fraction of sp³-hybridized carbons (Fsp3) is 0.324. The van der Waals surface area contributed by atoms with Crippen LogP contribution in [0, 0.1) is 0 Å². The standard InChI is InChI=1S/C34H41NO/c1-5-8-11-20-31(25-26(4)35-33(36)7-3)27-21-23-30(24-22-27)34(29-18-14-10-15-19-29)32(6-2)28-16-12-9-13-17-28/h7,9-10,12-19,21-24,26,31H,3,5-6,8,11,20,25H2,1-2,4H3,(H,35,36). The van der Waals surface area contributed by atoms with Gasteiger partial charge in [0.2, 0.25) is 5.91 Å². The molecule has 3 rings (SSSR count). The van der Waals surface area contributed by atoms with Gasteiger partial charge >= 0.3 is 0 Å². The monoisotopic (exact) mass is 479 g/mol. The van der Waals surface area contributed by atoms with Gasteiger partial charge in [-0.05, 0) is 71.6 Å². The van der Waals surface area contributed by atoms with Crippen molar-refractivity contribution in [1.82, 2.24) is 5.32 Å². The zero-order valence-electron chi connectivity index (χ0n) is 22.2. The number of rotatable bonds is 13. The van der Waals surface area contributed by atoms with Gasteiger partial charge in [-0.25, -0.2) is 0 Å². The van der Waals surface area contributed by atoms with E-state index in [9.17, 15) is 4.79 Å². The Kier molecular flexibility index (Phi) is 10.8. The van der Waals surface area contributed by atoms with Gasteiger partial charge in [0, 0.05) is 6.04 Å². The molecule has 0 aromatic heterocycles. The number of benzene rings is 3.